The van der Waals surface area contributed by atoms with Gasteiger partial charge in [-0.05, 0) is 106 Å². The molecule has 324 valence electrons. The minimum absolute atomic E-state index is 0.0430. The largest absolute Gasteiger partial charge is 0.394 e. The Labute approximate surface area is 331 Å². The van der Waals surface area contributed by atoms with E-state index in [-0.39, 0.29) is 40.9 Å². The topological polar surface area (TPSA) is 239 Å². The minimum Gasteiger partial charge on any atom is -0.394 e. The van der Waals surface area contributed by atoms with E-state index >= 15 is 0 Å². The highest BCUT2D eigenvalue weighted by molar-refractivity contribution is 5.21. The molecule has 14 heteroatoms. The van der Waals surface area contributed by atoms with E-state index in [1.165, 1.54) is 5.57 Å². The molecule has 2 aliphatic heterocycles. The molecule has 6 rings (SSSR count). The first kappa shape index (κ1) is 44.7. The maximum atomic E-state index is 12.4. The van der Waals surface area contributed by atoms with Crippen LogP contribution in [0.15, 0.2) is 11.6 Å². The van der Waals surface area contributed by atoms with Gasteiger partial charge in [-0.25, -0.2) is 0 Å². The number of hydrogen-bond donors (Lipinski definition) is 10. The van der Waals surface area contributed by atoms with Crippen molar-refractivity contribution in [3.8, 4) is 0 Å². The quantitative estimate of drug-likeness (QED) is 0.110. The van der Waals surface area contributed by atoms with Gasteiger partial charge in [-0.2, -0.15) is 0 Å². The minimum atomic E-state index is -1.80. The van der Waals surface area contributed by atoms with Gasteiger partial charge in [-0.3, -0.25) is 0 Å². The van der Waals surface area contributed by atoms with Crippen LogP contribution < -0.4 is 0 Å². The van der Waals surface area contributed by atoms with Crippen molar-refractivity contribution >= 4 is 0 Å². The highest BCUT2D eigenvalue weighted by Gasteiger charge is 2.73. The first-order valence-electron chi connectivity index (χ1n) is 21.0. The maximum absolute atomic E-state index is 12.4. The van der Waals surface area contributed by atoms with Crippen molar-refractivity contribution in [1.29, 1.82) is 0 Å². The van der Waals surface area contributed by atoms with E-state index in [2.05, 4.69) is 54.5 Å². The number of aliphatic hydroxyl groups is 10. The standard InChI is InChI=1S/C42H72O14/c1-20(2)10-9-13-41(7,52)21-11-14-40(6)29(21)22(45)16-26-39(40,5)15-12-25-38(3,4)28(17-27(46)42(25,26)8)55-37-35(33(50)31(48)24(19-44)54-37)56-36-34(51)32(49)30(47)23(18-43)53-36/h10,21-37,43-52H,9,11-19H2,1-8H3/t21?,22?,23-,24-,25?,26?,27?,28?,29?,30-,31-,32-,33-,34-,35-,36+,37+,39?,40?,41?,42?/m1/s1. The van der Waals surface area contributed by atoms with E-state index in [9.17, 15) is 51.1 Å². The number of ether oxygens (including phenoxy) is 4. The van der Waals surface area contributed by atoms with Crippen molar-refractivity contribution in [2.24, 2.45) is 45.3 Å². The lowest BCUT2D eigenvalue weighted by molar-refractivity contribution is -0.381. The fourth-order valence-corrected chi connectivity index (χ4v) is 13.2. The van der Waals surface area contributed by atoms with Crippen LogP contribution in [-0.2, 0) is 18.9 Å². The maximum Gasteiger partial charge on any atom is 0.187 e. The number of hydrogen-bond acceptors (Lipinski definition) is 14. The first-order chi connectivity index (χ1) is 26.0. The van der Waals surface area contributed by atoms with Gasteiger partial charge in [0.05, 0.1) is 37.1 Å². The summed E-state index contributed by atoms with van der Waals surface area (Å²) in [6.07, 6.45) is -10.3. The number of fused-ring (bicyclic) bond motifs is 5. The highest BCUT2D eigenvalue weighted by Crippen LogP contribution is 2.76. The molecule has 0 aromatic carbocycles. The molecule has 0 amide bonds. The van der Waals surface area contributed by atoms with E-state index in [1.54, 1.807) is 0 Å². The Balaban J connectivity index is 1.25. The second-order valence-corrected chi connectivity index (χ2v) is 20.2. The zero-order valence-corrected chi connectivity index (χ0v) is 34.6. The molecule has 0 spiro atoms. The third kappa shape index (κ3) is 7.06. The van der Waals surface area contributed by atoms with Crippen molar-refractivity contribution in [1.82, 2.24) is 0 Å². The Morgan fingerprint density at radius 2 is 1.32 bits per heavy atom. The monoisotopic (exact) mass is 800 g/mol. The smallest absolute Gasteiger partial charge is 0.187 e. The number of rotatable bonds is 10. The summed E-state index contributed by atoms with van der Waals surface area (Å²) in [4.78, 5) is 0. The van der Waals surface area contributed by atoms with Gasteiger partial charge >= 0.3 is 0 Å². The van der Waals surface area contributed by atoms with Crippen molar-refractivity contribution in [3.05, 3.63) is 11.6 Å². The number of allylic oxidation sites excluding steroid dienone is 2. The van der Waals surface area contributed by atoms with E-state index in [1.807, 2.05) is 6.92 Å². The molecule has 14 nitrogen and oxygen atoms in total. The molecule has 4 aliphatic carbocycles. The van der Waals surface area contributed by atoms with Gasteiger partial charge in [0, 0.05) is 11.8 Å². The average molecular weight is 801 g/mol. The molecule has 0 aromatic rings. The van der Waals surface area contributed by atoms with E-state index in [0.29, 0.717) is 12.8 Å². The Morgan fingerprint density at radius 3 is 1.93 bits per heavy atom. The lowest BCUT2D eigenvalue weighted by Gasteiger charge is -2.71. The molecule has 0 radical (unpaired) electrons. The van der Waals surface area contributed by atoms with Crippen molar-refractivity contribution in [3.63, 3.8) is 0 Å². The van der Waals surface area contributed by atoms with Crippen molar-refractivity contribution < 1.29 is 70.0 Å². The second kappa shape index (κ2) is 15.9. The molecule has 56 heavy (non-hydrogen) atoms. The van der Waals surface area contributed by atoms with Crippen molar-refractivity contribution in [2.45, 2.75) is 192 Å². The van der Waals surface area contributed by atoms with Gasteiger partial charge < -0.3 is 70.0 Å². The summed E-state index contributed by atoms with van der Waals surface area (Å²) in [5.74, 6) is -0.262. The third-order valence-corrected chi connectivity index (χ3v) is 16.7. The summed E-state index contributed by atoms with van der Waals surface area (Å²) < 4.78 is 24.2. The molecule has 2 saturated heterocycles. The summed E-state index contributed by atoms with van der Waals surface area (Å²) >= 11 is 0. The molecule has 0 bridgehead atoms. The number of aliphatic hydroxyl groups excluding tert-OH is 9. The fraction of sp³-hybridized carbons (Fsp3) is 0.952. The van der Waals surface area contributed by atoms with Crippen LogP contribution in [0.4, 0.5) is 0 Å². The lowest BCUT2D eigenvalue weighted by Crippen LogP contribution is -2.70. The van der Waals surface area contributed by atoms with Crippen LogP contribution in [0.5, 0.6) is 0 Å². The first-order valence-corrected chi connectivity index (χ1v) is 21.0. The second-order valence-electron chi connectivity index (χ2n) is 20.2. The molecule has 6 fully saturated rings. The Kier molecular flexibility index (Phi) is 12.7. The summed E-state index contributed by atoms with van der Waals surface area (Å²) in [7, 11) is 0. The fourth-order valence-electron chi connectivity index (χ4n) is 13.2. The van der Waals surface area contributed by atoms with Crippen LogP contribution in [0.25, 0.3) is 0 Å². The van der Waals surface area contributed by atoms with Gasteiger partial charge in [-0.1, -0.05) is 46.3 Å². The van der Waals surface area contributed by atoms with E-state index in [0.717, 1.165) is 32.1 Å². The molecule has 6 aliphatic rings. The normalized spacial score (nSPS) is 52.6. The lowest BCUT2D eigenvalue weighted by atomic mass is 9.34. The van der Waals surface area contributed by atoms with Crippen LogP contribution >= 0.6 is 0 Å². The Hall–Kier alpha value is -0.820. The molecular formula is C42H72O14. The van der Waals surface area contributed by atoms with E-state index < -0.39 is 109 Å². The average Bonchev–Trinajstić information content (AvgIpc) is 3.51. The predicted octanol–water partition coefficient (Wildman–Crippen LogP) is 1.12. The van der Waals surface area contributed by atoms with Crippen molar-refractivity contribution in [2.75, 3.05) is 13.2 Å². The molecule has 21 atom stereocenters. The molecule has 0 aromatic heterocycles. The van der Waals surface area contributed by atoms with Gasteiger partial charge in [0.1, 0.15) is 48.8 Å². The van der Waals surface area contributed by atoms with Crippen LogP contribution in [-0.4, -0.2) is 150 Å². The van der Waals surface area contributed by atoms with Gasteiger partial charge in [0.25, 0.3) is 0 Å². The van der Waals surface area contributed by atoms with Gasteiger partial charge in [-0.15, -0.1) is 0 Å². The molecule has 10 N–H and O–H groups in total. The molecule has 2 heterocycles. The van der Waals surface area contributed by atoms with Gasteiger partial charge in [0.15, 0.2) is 12.6 Å². The Bertz CT molecular complexity index is 1400. The molecule has 11 unspecified atom stereocenters. The zero-order valence-electron chi connectivity index (χ0n) is 34.6. The predicted molar refractivity (Wildman–Crippen MR) is 202 cm³/mol. The zero-order chi connectivity index (χ0) is 41.5. The van der Waals surface area contributed by atoms with Crippen LogP contribution in [0.3, 0.4) is 0 Å². The Morgan fingerprint density at radius 1 is 0.732 bits per heavy atom. The summed E-state index contributed by atoms with van der Waals surface area (Å²) in [5.41, 5.74) is -1.46. The van der Waals surface area contributed by atoms with Crippen LogP contribution in [0, 0.1) is 45.3 Å². The van der Waals surface area contributed by atoms with Crippen LogP contribution in [0.1, 0.15) is 107 Å². The SMILES string of the molecule is CC(C)=CCCC(C)(O)C1CCC2(C)C1C(O)CC1C3(C)C(O)CC(O[C@@H]4O[C@H](CO)[C@@H](O)[C@@H](O)[C@H]4O[C@@H]4O[C@H](CO)[C@@H](O)[C@@H](O)[C@H]4O)C(C)(C)C3CCC12C. The highest BCUT2D eigenvalue weighted by atomic mass is 16.8. The summed E-state index contributed by atoms with van der Waals surface area (Å²) in [5, 5.41) is 110. The molecule has 4 saturated carbocycles. The molecular weight excluding hydrogens is 728 g/mol. The summed E-state index contributed by atoms with van der Waals surface area (Å²) in [6.45, 7) is 15.7. The third-order valence-electron chi connectivity index (χ3n) is 16.7. The summed E-state index contributed by atoms with van der Waals surface area (Å²) in [6, 6.07) is 0. The van der Waals surface area contributed by atoms with E-state index in [4.69, 9.17) is 18.9 Å². The van der Waals surface area contributed by atoms with Crippen LogP contribution in [0.2, 0.25) is 0 Å². The van der Waals surface area contributed by atoms with Gasteiger partial charge in [0.2, 0.25) is 0 Å².